The van der Waals surface area contributed by atoms with E-state index < -0.39 is 0 Å². The Morgan fingerprint density at radius 3 is 1.83 bits per heavy atom. The Labute approximate surface area is 144 Å². The molecule has 2 rings (SSSR count). The van der Waals surface area contributed by atoms with Crippen molar-refractivity contribution in [2.24, 2.45) is 5.92 Å². The van der Waals surface area contributed by atoms with Crippen molar-refractivity contribution in [1.82, 2.24) is 0 Å². The first-order valence-electron chi connectivity index (χ1n) is 8.74. The average molecular weight is 328 g/mol. The fourth-order valence-electron chi connectivity index (χ4n) is 4.21. The molecule has 0 radical (unpaired) electrons. The molecule has 1 atom stereocenters. The average Bonchev–Trinajstić information content (AvgIpc) is 2.61. The Balaban J connectivity index is 2.68. The molecule has 1 aliphatic carbocycles. The fraction of sp³-hybridized carbons (Fsp3) is 0.545. The van der Waals surface area contributed by atoms with Crippen molar-refractivity contribution in [2.75, 3.05) is 0 Å². The van der Waals surface area contributed by atoms with Crippen LogP contribution in [-0.4, -0.2) is 10.3 Å². The van der Waals surface area contributed by atoms with E-state index in [1.54, 1.807) is 10.9 Å². The maximum Gasteiger partial charge on any atom is 0.000426 e. The number of hydrogen-bond acceptors (Lipinski definition) is 0. The van der Waals surface area contributed by atoms with Gasteiger partial charge in [-0.3, -0.25) is 0 Å². The third-order valence-electron chi connectivity index (χ3n) is 4.73. The Kier molecular flexibility index (Phi) is 4.99. The maximum absolute atomic E-state index is 2.41. The Bertz CT molecular complexity index is 633. The smallest absolute Gasteiger partial charge is 0.000426 e. The van der Waals surface area contributed by atoms with E-state index in [-0.39, 0.29) is 7.92 Å². The number of rotatable bonds is 2. The number of benzene rings is 1. The van der Waals surface area contributed by atoms with Gasteiger partial charge in [-0.1, -0.05) is 92.3 Å². The molecule has 0 heterocycles. The van der Waals surface area contributed by atoms with Crippen LogP contribution in [0.15, 0.2) is 41.5 Å². The van der Waals surface area contributed by atoms with Gasteiger partial charge in [0.1, 0.15) is 0 Å². The molecule has 126 valence electrons. The van der Waals surface area contributed by atoms with E-state index in [9.17, 15) is 0 Å². The van der Waals surface area contributed by atoms with Gasteiger partial charge in [0.2, 0.25) is 0 Å². The van der Waals surface area contributed by atoms with E-state index in [0.29, 0.717) is 16.2 Å². The first-order valence-corrected chi connectivity index (χ1v) is 10.1. The molecule has 0 aliphatic heterocycles. The van der Waals surface area contributed by atoms with Gasteiger partial charge >= 0.3 is 0 Å². The van der Waals surface area contributed by atoms with Gasteiger partial charge in [-0.25, -0.2) is 0 Å². The molecule has 0 fully saturated rings. The van der Waals surface area contributed by atoms with Gasteiger partial charge in [-0.15, -0.1) is 0 Å². The van der Waals surface area contributed by atoms with Gasteiger partial charge in [0.05, 0.1) is 0 Å². The largest absolute Gasteiger partial charge is 0.0740 e. The van der Waals surface area contributed by atoms with Crippen LogP contribution in [0.5, 0.6) is 0 Å². The topological polar surface area (TPSA) is 0 Å². The lowest BCUT2D eigenvalue weighted by Crippen LogP contribution is -2.32. The van der Waals surface area contributed by atoms with E-state index in [2.05, 4.69) is 92.7 Å². The second-order valence-corrected chi connectivity index (χ2v) is 12.7. The quantitative estimate of drug-likeness (QED) is 0.526. The van der Waals surface area contributed by atoms with Crippen molar-refractivity contribution in [2.45, 2.75) is 72.6 Å². The summed E-state index contributed by atoms with van der Waals surface area (Å²) in [7, 11) is -0.284. The normalized spacial score (nSPS) is 19.6. The third-order valence-corrected chi connectivity index (χ3v) is 8.28. The van der Waals surface area contributed by atoms with Crippen molar-refractivity contribution < 1.29 is 0 Å². The Hall–Kier alpha value is -0.870. The summed E-state index contributed by atoms with van der Waals surface area (Å²) in [6, 6.07) is 9.17. The molecular formula is C22H33P. The van der Waals surface area contributed by atoms with Crippen molar-refractivity contribution in [3.05, 3.63) is 47.1 Å². The van der Waals surface area contributed by atoms with Gasteiger partial charge in [-0.2, -0.15) is 0 Å². The zero-order chi connectivity index (χ0) is 17.6. The lowest BCUT2D eigenvalue weighted by Gasteiger charge is -2.43. The summed E-state index contributed by atoms with van der Waals surface area (Å²) in [5.74, 6) is 0.521. The minimum atomic E-state index is -0.284. The van der Waals surface area contributed by atoms with Crippen LogP contribution >= 0.6 is 7.92 Å². The zero-order valence-electron chi connectivity index (χ0n) is 16.4. The summed E-state index contributed by atoms with van der Waals surface area (Å²) in [6.45, 7) is 21.3. The van der Waals surface area contributed by atoms with Crippen LogP contribution in [0.2, 0.25) is 0 Å². The maximum atomic E-state index is 2.41. The van der Waals surface area contributed by atoms with Crippen molar-refractivity contribution in [3.8, 4) is 0 Å². The van der Waals surface area contributed by atoms with Crippen LogP contribution in [0.3, 0.4) is 0 Å². The van der Waals surface area contributed by atoms with Crippen molar-refractivity contribution in [1.29, 1.82) is 0 Å². The third kappa shape index (κ3) is 3.63. The molecule has 1 aliphatic rings. The van der Waals surface area contributed by atoms with Gasteiger partial charge in [0.25, 0.3) is 0 Å². The number of hydrogen-bond donors (Lipinski definition) is 0. The molecule has 1 aromatic carbocycles. The predicted octanol–water partition coefficient (Wildman–Crippen LogP) is 6.76. The van der Waals surface area contributed by atoms with Crippen LogP contribution in [0.25, 0.3) is 5.57 Å². The van der Waals surface area contributed by atoms with E-state index in [1.807, 2.05) is 0 Å². The van der Waals surface area contributed by atoms with Gasteiger partial charge in [-0.05, 0) is 46.2 Å². The summed E-state index contributed by atoms with van der Waals surface area (Å²) < 4.78 is 0. The number of allylic oxidation sites excluding steroid dienone is 4. The summed E-state index contributed by atoms with van der Waals surface area (Å²) in [5.41, 5.74) is 5.95. The lowest BCUT2D eigenvalue weighted by atomic mass is 9.94. The van der Waals surface area contributed by atoms with Gasteiger partial charge < -0.3 is 0 Å². The van der Waals surface area contributed by atoms with E-state index in [4.69, 9.17) is 0 Å². The Morgan fingerprint density at radius 2 is 1.39 bits per heavy atom. The summed E-state index contributed by atoms with van der Waals surface area (Å²) >= 11 is 0. The first-order chi connectivity index (χ1) is 10.4. The van der Waals surface area contributed by atoms with Crippen LogP contribution < -0.4 is 5.30 Å². The van der Waals surface area contributed by atoms with Crippen molar-refractivity contribution in [3.63, 3.8) is 0 Å². The minimum absolute atomic E-state index is 0.284. The molecule has 1 unspecified atom stereocenters. The molecule has 0 bridgehead atoms. The van der Waals surface area contributed by atoms with E-state index in [1.165, 1.54) is 16.7 Å². The highest BCUT2D eigenvalue weighted by molar-refractivity contribution is 7.68. The highest BCUT2D eigenvalue weighted by Gasteiger charge is 2.37. The molecule has 0 spiro atoms. The van der Waals surface area contributed by atoms with Crippen LogP contribution in [0, 0.1) is 5.92 Å². The molecule has 0 N–H and O–H groups in total. The minimum Gasteiger partial charge on any atom is -0.0740 e. The molecule has 0 saturated heterocycles. The van der Waals surface area contributed by atoms with Gasteiger partial charge in [0.15, 0.2) is 0 Å². The molecule has 0 amide bonds. The highest BCUT2D eigenvalue weighted by atomic mass is 31.1. The van der Waals surface area contributed by atoms with Crippen LogP contribution in [0.1, 0.15) is 67.9 Å². The van der Waals surface area contributed by atoms with Crippen molar-refractivity contribution >= 4 is 18.8 Å². The molecule has 1 aromatic rings. The molecule has 0 aromatic heterocycles. The molecule has 0 nitrogen and oxygen atoms in total. The van der Waals surface area contributed by atoms with Crippen LogP contribution in [-0.2, 0) is 0 Å². The first kappa shape index (κ1) is 18.5. The SMILES string of the molecule is CC1=CC(C)C(c2ccccc2P(C(C)(C)C)C(C)(C)C)=C1C. The standard InChI is InChI=1S/C22H33P/c1-15-14-16(2)20(17(15)3)18-12-10-11-13-19(18)23(21(4,5)6)22(7,8)9/h10-14,16H,1-9H3. The van der Waals surface area contributed by atoms with Crippen LogP contribution in [0.4, 0.5) is 0 Å². The summed E-state index contributed by atoms with van der Waals surface area (Å²) in [6.07, 6.45) is 2.41. The van der Waals surface area contributed by atoms with E-state index >= 15 is 0 Å². The Morgan fingerprint density at radius 1 is 0.870 bits per heavy atom. The monoisotopic (exact) mass is 328 g/mol. The van der Waals surface area contributed by atoms with E-state index in [0.717, 1.165) is 0 Å². The highest BCUT2D eigenvalue weighted by Crippen LogP contribution is 2.59. The second kappa shape index (κ2) is 6.21. The molecule has 23 heavy (non-hydrogen) atoms. The molecule has 1 heteroatoms. The zero-order valence-corrected chi connectivity index (χ0v) is 17.3. The molecule has 0 saturated carbocycles. The summed E-state index contributed by atoms with van der Waals surface area (Å²) in [4.78, 5) is 0. The fourth-order valence-corrected chi connectivity index (χ4v) is 8.34. The van der Waals surface area contributed by atoms with Gasteiger partial charge in [0, 0.05) is 5.92 Å². The lowest BCUT2D eigenvalue weighted by molar-refractivity contribution is 0.714. The summed E-state index contributed by atoms with van der Waals surface area (Å²) in [5, 5.41) is 2.16. The second-order valence-electron chi connectivity index (χ2n) is 8.87. The predicted molar refractivity (Wildman–Crippen MR) is 108 cm³/mol. The molecular weight excluding hydrogens is 295 g/mol.